The van der Waals surface area contributed by atoms with E-state index in [1.54, 1.807) is 7.11 Å². The molecule has 2 N–H and O–H groups in total. The van der Waals surface area contributed by atoms with Crippen LogP contribution in [0.5, 0.6) is 0 Å². The Morgan fingerprint density at radius 3 is 2.83 bits per heavy atom. The summed E-state index contributed by atoms with van der Waals surface area (Å²) in [6, 6.07) is -0.539. The first-order valence-corrected chi connectivity index (χ1v) is 10.7. The number of nitrogens with zero attached hydrogens (tertiary/aromatic N) is 4. The van der Waals surface area contributed by atoms with Crippen molar-refractivity contribution in [2.75, 3.05) is 63.8 Å². The van der Waals surface area contributed by atoms with Crippen LogP contribution in [0.4, 0.5) is 10.7 Å². The summed E-state index contributed by atoms with van der Waals surface area (Å²) in [4.78, 5) is 25.9. The maximum absolute atomic E-state index is 12.1. The number of carbonyl (C=O) groups excluding carboxylic acids is 2. The zero-order chi connectivity index (χ0) is 20.5. The molecule has 0 radical (unpaired) electrons. The Kier molecular flexibility index (Phi) is 8.52. The van der Waals surface area contributed by atoms with E-state index in [9.17, 15) is 9.59 Å². The molecule has 0 bridgehead atoms. The normalized spacial score (nSPS) is 19.3. The molecule has 2 saturated heterocycles. The van der Waals surface area contributed by atoms with Crippen molar-refractivity contribution >= 4 is 29.6 Å². The number of carbonyl (C=O) groups is 2. The van der Waals surface area contributed by atoms with Gasteiger partial charge >= 0.3 is 6.03 Å². The van der Waals surface area contributed by atoms with Crippen molar-refractivity contribution in [1.82, 2.24) is 25.4 Å². The topological polar surface area (TPSA) is 120 Å². The molecule has 162 valence electrons. The van der Waals surface area contributed by atoms with Crippen molar-refractivity contribution in [1.29, 1.82) is 0 Å². The first kappa shape index (κ1) is 21.8. The molecule has 0 saturated carbocycles. The van der Waals surface area contributed by atoms with Gasteiger partial charge in [0.2, 0.25) is 11.9 Å². The van der Waals surface area contributed by atoms with Gasteiger partial charge in [-0.2, -0.15) is 0 Å². The van der Waals surface area contributed by atoms with Crippen LogP contribution in [0.3, 0.4) is 0 Å². The van der Waals surface area contributed by atoms with E-state index in [1.165, 1.54) is 11.8 Å². The third kappa shape index (κ3) is 6.56. The quantitative estimate of drug-likeness (QED) is 0.409. The third-order valence-corrected chi connectivity index (χ3v) is 5.55. The van der Waals surface area contributed by atoms with Crippen LogP contribution >= 0.6 is 11.8 Å². The number of anilines is 1. The number of thioether (sulfide) groups is 1. The van der Waals surface area contributed by atoms with Gasteiger partial charge in [-0.15, -0.1) is 10.2 Å². The van der Waals surface area contributed by atoms with Gasteiger partial charge in [0.25, 0.3) is 0 Å². The van der Waals surface area contributed by atoms with Crippen LogP contribution in [-0.2, 0) is 25.5 Å². The minimum atomic E-state index is -0.539. The van der Waals surface area contributed by atoms with Crippen LogP contribution in [0.1, 0.15) is 12.8 Å². The lowest BCUT2D eigenvalue weighted by Crippen LogP contribution is -2.41. The number of morpholine rings is 1. The molecule has 0 spiro atoms. The Balaban J connectivity index is 1.59. The fraction of sp³-hybridized carbons (Fsp3) is 0.765. The molecule has 11 nitrogen and oxygen atoms in total. The zero-order valence-electron chi connectivity index (χ0n) is 16.6. The summed E-state index contributed by atoms with van der Waals surface area (Å²) in [6.07, 6.45) is 2.15. The van der Waals surface area contributed by atoms with E-state index in [4.69, 9.17) is 14.2 Å². The highest BCUT2D eigenvalue weighted by Crippen LogP contribution is 2.25. The van der Waals surface area contributed by atoms with Crippen LogP contribution in [0.2, 0.25) is 0 Å². The van der Waals surface area contributed by atoms with E-state index in [2.05, 4.69) is 25.7 Å². The number of nitrogens with one attached hydrogen (secondary N) is 2. The predicted molar refractivity (Wildman–Crippen MR) is 106 cm³/mol. The number of hydrogen-bond acceptors (Lipinski definition) is 9. The Morgan fingerprint density at radius 1 is 1.28 bits per heavy atom. The van der Waals surface area contributed by atoms with Crippen molar-refractivity contribution in [3.05, 3.63) is 0 Å². The Hall–Kier alpha value is -1.89. The standard InChI is InChI=1S/C17H28N6O5S/c1-26-8-4-18-15(25)19-14(24)12-29-17-21-20-16(22-5-9-27-10-6-22)23(17)11-13-3-2-7-28-13/h13H,2-12H2,1H3,(H2,18,19,24,25). The van der Waals surface area contributed by atoms with E-state index in [0.29, 0.717) is 38.1 Å². The SMILES string of the molecule is COCCNC(=O)NC(=O)CSc1nnc(N2CCOCC2)n1CC1CCCO1. The minimum Gasteiger partial charge on any atom is -0.383 e. The molecular formula is C17H28N6O5S. The summed E-state index contributed by atoms with van der Waals surface area (Å²) in [6.45, 7) is 4.91. The summed E-state index contributed by atoms with van der Waals surface area (Å²) < 4.78 is 18.1. The predicted octanol–water partition coefficient (Wildman–Crippen LogP) is -0.142. The van der Waals surface area contributed by atoms with Crippen LogP contribution < -0.4 is 15.5 Å². The Morgan fingerprint density at radius 2 is 2.10 bits per heavy atom. The third-order valence-electron chi connectivity index (χ3n) is 4.58. The maximum Gasteiger partial charge on any atom is 0.321 e. The Labute approximate surface area is 173 Å². The Bertz CT molecular complexity index is 675. The average Bonchev–Trinajstić information content (AvgIpc) is 3.38. The van der Waals surface area contributed by atoms with Gasteiger partial charge in [0, 0.05) is 33.4 Å². The zero-order valence-corrected chi connectivity index (χ0v) is 17.4. The average molecular weight is 429 g/mol. The summed E-state index contributed by atoms with van der Waals surface area (Å²) in [5, 5.41) is 14.1. The number of methoxy groups -OCH3 is 1. The highest BCUT2D eigenvalue weighted by Gasteiger charge is 2.25. The number of imide groups is 1. The molecule has 29 heavy (non-hydrogen) atoms. The minimum absolute atomic E-state index is 0.0600. The number of aromatic nitrogens is 3. The summed E-state index contributed by atoms with van der Waals surface area (Å²) >= 11 is 1.25. The summed E-state index contributed by atoms with van der Waals surface area (Å²) in [5.41, 5.74) is 0. The van der Waals surface area contributed by atoms with E-state index in [0.717, 1.165) is 38.5 Å². The van der Waals surface area contributed by atoms with Gasteiger partial charge < -0.3 is 24.4 Å². The second-order valence-corrected chi connectivity index (χ2v) is 7.66. The lowest BCUT2D eigenvalue weighted by molar-refractivity contribution is -0.117. The van der Waals surface area contributed by atoms with Crippen molar-refractivity contribution in [3.63, 3.8) is 0 Å². The fourth-order valence-corrected chi connectivity index (χ4v) is 3.88. The molecule has 1 aromatic heterocycles. The molecule has 0 aliphatic carbocycles. The number of rotatable bonds is 9. The van der Waals surface area contributed by atoms with Gasteiger partial charge in [-0.1, -0.05) is 11.8 Å². The molecule has 3 rings (SSSR count). The van der Waals surface area contributed by atoms with E-state index < -0.39 is 11.9 Å². The molecule has 2 fully saturated rings. The van der Waals surface area contributed by atoms with Gasteiger partial charge in [0.1, 0.15) is 0 Å². The summed E-state index contributed by atoms with van der Waals surface area (Å²) in [5.74, 6) is 0.429. The maximum atomic E-state index is 12.1. The smallest absolute Gasteiger partial charge is 0.321 e. The molecular weight excluding hydrogens is 400 g/mol. The van der Waals surface area contributed by atoms with Gasteiger partial charge in [-0.25, -0.2) is 4.79 Å². The van der Waals surface area contributed by atoms with Crippen molar-refractivity contribution in [3.8, 4) is 0 Å². The van der Waals surface area contributed by atoms with Crippen LogP contribution in [-0.4, -0.2) is 91.7 Å². The van der Waals surface area contributed by atoms with Gasteiger partial charge in [0.05, 0.1) is 38.2 Å². The molecule has 1 atom stereocenters. The van der Waals surface area contributed by atoms with E-state index in [-0.39, 0.29) is 11.9 Å². The highest BCUT2D eigenvalue weighted by molar-refractivity contribution is 7.99. The lowest BCUT2D eigenvalue weighted by atomic mass is 10.2. The highest BCUT2D eigenvalue weighted by atomic mass is 32.2. The first-order chi connectivity index (χ1) is 14.2. The molecule has 3 heterocycles. The van der Waals surface area contributed by atoms with Crippen molar-refractivity contribution < 1.29 is 23.8 Å². The fourth-order valence-electron chi connectivity index (χ4n) is 3.14. The van der Waals surface area contributed by atoms with Crippen molar-refractivity contribution in [2.24, 2.45) is 0 Å². The molecule has 2 aliphatic rings. The summed E-state index contributed by atoms with van der Waals surface area (Å²) in [7, 11) is 1.54. The van der Waals surface area contributed by atoms with Gasteiger partial charge in [0.15, 0.2) is 5.16 Å². The van der Waals surface area contributed by atoms with Gasteiger partial charge in [-0.05, 0) is 12.8 Å². The largest absolute Gasteiger partial charge is 0.383 e. The van der Waals surface area contributed by atoms with E-state index in [1.807, 2.05) is 4.57 Å². The number of urea groups is 1. The molecule has 1 aromatic rings. The molecule has 1 unspecified atom stereocenters. The molecule has 0 aromatic carbocycles. The number of hydrogen-bond donors (Lipinski definition) is 2. The molecule has 2 aliphatic heterocycles. The van der Waals surface area contributed by atoms with E-state index >= 15 is 0 Å². The lowest BCUT2D eigenvalue weighted by Gasteiger charge is -2.28. The van der Waals surface area contributed by atoms with Crippen molar-refractivity contribution in [2.45, 2.75) is 30.6 Å². The monoisotopic (exact) mass is 428 g/mol. The van der Waals surface area contributed by atoms with Crippen LogP contribution in [0.25, 0.3) is 0 Å². The number of amides is 3. The second kappa shape index (κ2) is 11.3. The molecule has 12 heteroatoms. The first-order valence-electron chi connectivity index (χ1n) is 9.74. The van der Waals surface area contributed by atoms with Crippen LogP contribution in [0.15, 0.2) is 5.16 Å². The van der Waals surface area contributed by atoms with Crippen LogP contribution in [0, 0.1) is 0 Å². The second-order valence-electron chi connectivity index (χ2n) is 6.71. The van der Waals surface area contributed by atoms with Gasteiger partial charge in [-0.3, -0.25) is 14.7 Å². The number of ether oxygens (including phenoxy) is 3. The molecule has 3 amide bonds.